The number of aromatic nitrogens is 1. The Balaban J connectivity index is 2.56. The van der Waals surface area contributed by atoms with Gasteiger partial charge in [0.25, 0.3) is 9.84 Å². The second-order valence-electron chi connectivity index (χ2n) is 3.62. The zero-order valence-electron chi connectivity index (χ0n) is 9.12. The van der Waals surface area contributed by atoms with Crippen LogP contribution < -0.4 is 0 Å². The number of pyridine rings is 1. The van der Waals surface area contributed by atoms with Crippen LogP contribution in [0.2, 0.25) is 0 Å². The van der Waals surface area contributed by atoms with Crippen LogP contribution in [-0.2, 0) is 0 Å². The van der Waals surface area contributed by atoms with Gasteiger partial charge in [-0.05, 0) is 45.4 Å². The molecule has 0 N–H and O–H groups in total. The number of hydrogen-bond donors (Lipinski definition) is 0. The molecule has 2 rings (SSSR count). The summed E-state index contributed by atoms with van der Waals surface area (Å²) in [7, 11) is -8.67. The lowest BCUT2D eigenvalue weighted by molar-refractivity contribution is 0.462. The lowest BCUT2D eigenvalue weighted by Gasteiger charge is -2.43. The van der Waals surface area contributed by atoms with Gasteiger partial charge in [-0.1, -0.05) is 0 Å². The number of hydrogen-bond acceptors (Lipinski definition) is 2. The van der Waals surface area contributed by atoms with E-state index in [9.17, 15) is 15.5 Å². The average molecular weight is 372 g/mol. The second-order valence-corrected chi connectivity index (χ2v) is 8.08. The summed E-state index contributed by atoms with van der Waals surface area (Å²) in [6.07, 6.45) is 0.889. The molecule has 0 radical (unpaired) electrons. The maximum atomic E-state index is 13.8. The van der Waals surface area contributed by atoms with Gasteiger partial charge in [-0.15, -0.1) is 15.5 Å². The van der Waals surface area contributed by atoms with E-state index < -0.39 is 14.9 Å². The summed E-state index contributed by atoms with van der Waals surface area (Å²) < 4.78 is 55.5. The highest BCUT2D eigenvalue weighted by molar-refractivity contribution is 9.10. The van der Waals surface area contributed by atoms with E-state index in [1.807, 2.05) is 5.92 Å². The van der Waals surface area contributed by atoms with Gasteiger partial charge in [-0.2, -0.15) is 11.3 Å². The Bertz CT molecular complexity index is 664. The highest BCUT2D eigenvalue weighted by Gasteiger charge is 2.65. The molecule has 0 spiro atoms. The Labute approximate surface area is 119 Å². The van der Waals surface area contributed by atoms with Crippen molar-refractivity contribution in [2.24, 2.45) is 0 Å². The molecule has 0 fully saturated rings. The summed E-state index contributed by atoms with van der Waals surface area (Å²) in [5.74, 6) is 1.82. The van der Waals surface area contributed by atoms with Crippen LogP contribution in [0.4, 0.5) is 15.5 Å². The molecule has 0 unspecified atom stereocenters. The van der Waals surface area contributed by atoms with E-state index in [1.165, 1.54) is 22.8 Å². The van der Waals surface area contributed by atoms with Gasteiger partial charge in [0.15, 0.2) is 5.03 Å². The van der Waals surface area contributed by atoms with Crippen molar-refractivity contribution >= 4 is 37.1 Å². The lowest BCUT2D eigenvalue weighted by Crippen LogP contribution is -2.12. The Hall–Kier alpha value is -1.04. The van der Waals surface area contributed by atoms with E-state index in [-0.39, 0.29) is 5.56 Å². The maximum Gasteiger partial charge on any atom is 0.255 e. The van der Waals surface area contributed by atoms with Gasteiger partial charge in [-0.3, -0.25) is 0 Å². The van der Waals surface area contributed by atoms with Crippen LogP contribution in [0.3, 0.4) is 0 Å². The monoisotopic (exact) mass is 371 g/mol. The van der Waals surface area contributed by atoms with Crippen molar-refractivity contribution in [1.29, 1.82) is 0 Å². The molecule has 2 aromatic heterocycles. The number of nitrogens with zero attached hydrogens (tertiary/aromatic N) is 1. The minimum atomic E-state index is -8.67. The molecule has 0 bridgehead atoms. The van der Waals surface area contributed by atoms with E-state index in [4.69, 9.17) is 0 Å². The molecule has 0 saturated carbocycles. The zero-order chi connectivity index (χ0) is 14.2. The molecule has 0 aliphatic heterocycles. The summed E-state index contributed by atoms with van der Waals surface area (Å²) in [5.41, 5.74) is 0.123. The molecule has 0 aromatic carbocycles. The van der Waals surface area contributed by atoms with Crippen LogP contribution >= 0.6 is 37.1 Å². The summed E-state index contributed by atoms with van der Waals surface area (Å²) in [6.45, 7) is 0. The van der Waals surface area contributed by atoms with Crippen molar-refractivity contribution in [3.8, 4) is 11.2 Å². The van der Waals surface area contributed by atoms with E-state index in [0.717, 1.165) is 17.5 Å². The van der Waals surface area contributed by atoms with Crippen molar-refractivity contribution in [2.75, 3.05) is 0 Å². The Morgan fingerprint density at radius 3 is 2.42 bits per heavy atom. The van der Waals surface area contributed by atoms with Gasteiger partial charge in [-0.25, -0.2) is 4.98 Å². The first kappa shape index (κ1) is 14.4. The van der Waals surface area contributed by atoms with Crippen LogP contribution in [0.1, 0.15) is 5.56 Å². The fraction of sp³-hybridized carbons (Fsp3) is 0. The molecule has 2 aromatic rings. The third-order valence-electron chi connectivity index (χ3n) is 2.04. The first-order valence-electron chi connectivity index (χ1n) is 4.78. The number of thiophene rings is 1. The zero-order valence-corrected chi connectivity index (χ0v) is 12.3. The summed E-state index contributed by atoms with van der Waals surface area (Å²) in [4.78, 5) is 3.10. The van der Waals surface area contributed by atoms with E-state index >= 15 is 0 Å². The van der Waals surface area contributed by atoms with Crippen LogP contribution in [0, 0.1) is 11.2 Å². The highest BCUT2D eigenvalue weighted by Crippen LogP contribution is 2.99. The summed E-state index contributed by atoms with van der Waals surface area (Å²) in [5, 5.41) is 2.27. The largest absolute Gasteiger partial charge is 0.255 e. The van der Waals surface area contributed by atoms with Crippen LogP contribution in [0.5, 0.6) is 0 Å². The molecular weight excluding hydrogens is 366 g/mol. The third kappa shape index (κ3) is 3.29. The smallest absolute Gasteiger partial charge is 0.241 e. The van der Waals surface area contributed by atoms with Crippen LogP contribution in [-0.4, -0.2) is 4.98 Å². The van der Waals surface area contributed by atoms with Gasteiger partial charge in [0, 0.05) is 26.9 Å². The highest BCUT2D eigenvalue weighted by atomic mass is 79.9. The van der Waals surface area contributed by atoms with Gasteiger partial charge in [0.2, 0.25) is 0 Å². The minimum absolute atomic E-state index is 0.123. The van der Waals surface area contributed by atoms with Crippen molar-refractivity contribution in [3.05, 3.63) is 45.2 Å². The fourth-order valence-electron chi connectivity index (χ4n) is 1.15. The number of halogens is 5. The van der Waals surface area contributed by atoms with Crippen LogP contribution in [0.25, 0.3) is 0 Å². The van der Waals surface area contributed by atoms with E-state index in [1.54, 1.807) is 5.38 Å². The van der Waals surface area contributed by atoms with Gasteiger partial charge >= 0.3 is 0 Å². The standard InChI is InChI=1S/C11H6BrF4NS2/c12-10-1-2-11(17-7-10)19(13,14,15,16)6-4-9-3-5-18-8-9/h1-3,5,7-8H. The quantitative estimate of drug-likeness (QED) is 0.463. The minimum Gasteiger partial charge on any atom is -0.241 e. The predicted molar refractivity (Wildman–Crippen MR) is 73.4 cm³/mol. The van der Waals surface area contributed by atoms with Crippen molar-refractivity contribution in [3.63, 3.8) is 0 Å². The van der Waals surface area contributed by atoms with E-state index in [0.29, 0.717) is 10.5 Å². The molecule has 2 heterocycles. The SMILES string of the molecule is FS(F)(F)(F)(C#Cc1ccsc1)c1ccc(Br)cn1. The number of rotatable bonds is 1. The average Bonchev–Trinajstić information content (AvgIpc) is 2.79. The predicted octanol–water partition coefficient (Wildman–Crippen LogP) is 5.69. The molecule has 0 aliphatic carbocycles. The van der Waals surface area contributed by atoms with Gasteiger partial charge < -0.3 is 0 Å². The molecular formula is C11H6BrF4NS2. The van der Waals surface area contributed by atoms with E-state index in [2.05, 4.69) is 20.9 Å². The van der Waals surface area contributed by atoms with Crippen molar-refractivity contribution < 1.29 is 15.5 Å². The van der Waals surface area contributed by atoms with Crippen molar-refractivity contribution in [2.45, 2.75) is 5.03 Å². The Kier molecular flexibility index (Phi) is 3.01. The summed E-state index contributed by atoms with van der Waals surface area (Å²) >= 11 is 4.13. The first-order chi connectivity index (χ1) is 8.59. The topological polar surface area (TPSA) is 12.9 Å². The van der Waals surface area contributed by atoms with Gasteiger partial charge in [0.05, 0.1) is 0 Å². The van der Waals surface area contributed by atoms with Crippen LogP contribution in [0.15, 0.2) is 44.7 Å². The molecule has 0 saturated heterocycles. The Morgan fingerprint density at radius 2 is 1.89 bits per heavy atom. The first-order valence-corrected chi connectivity index (χ1v) is 8.56. The fourth-order valence-corrected chi connectivity index (χ4v) is 3.01. The molecule has 8 heteroatoms. The summed E-state index contributed by atoms with van der Waals surface area (Å²) in [6, 6.07) is 3.04. The molecule has 19 heavy (non-hydrogen) atoms. The molecule has 1 nitrogen and oxygen atoms in total. The Morgan fingerprint density at radius 1 is 1.16 bits per heavy atom. The molecule has 0 amide bonds. The van der Waals surface area contributed by atoms with Gasteiger partial charge in [0.1, 0.15) is 0 Å². The third-order valence-corrected chi connectivity index (χ3v) is 4.79. The normalized spacial score (nSPS) is 15.0. The lowest BCUT2D eigenvalue weighted by atomic mass is 10.4. The second kappa shape index (κ2) is 3.98. The molecule has 0 aliphatic rings. The molecule has 102 valence electrons. The molecule has 0 atom stereocenters. The van der Waals surface area contributed by atoms with Crippen molar-refractivity contribution in [1.82, 2.24) is 4.98 Å². The maximum absolute atomic E-state index is 13.8.